The summed E-state index contributed by atoms with van der Waals surface area (Å²) in [7, 11) is 1.62. The van der Waals surface area contributed by atoms with Gasteiger partial charge in [-0.1, -0.05) is 18.2 Å². The lowest BCUT2D eigenvalue weighted by atomic mass is 10.1. The third-order valence-electron chi connectivity index (χ3n) is 4.70. The molecule has 1 fully saturated rings. The van der Waals surface area contributed by atoms with Gasteiger partial charge in [0.05, 0.1) is 30.6 Å². The highest BCUT2D eigenvalue weighted by Gasteiger charge is 2.32. The van der Waals surface area contributed by atoms with Crippen LogP contribution in [-0.4, -0.2) is 39.2 Å². The molecule has 1 aliphatic heterocycles. The summed E-state index contributed by atoms with van der Waals surface area (Å²) in [6, 6.07) is 13.5. The lowest BCUT2D eigenvalue weighted by molar-refractivity contribution is 0.0733. The number of para-hydroxylation sites is 2. The van der Waals surface area contributed by atoms with Crippen LogP contribution in [0, 0.1) is 0 Å². The predicted molar refractivity (Wildman–Crippen MR) is 97.4 cm³/mol. The number of ether oxygens (including phenoxy) is 1. The molecule has 1 aliphatic rings. The summed E-state index contributed by atoms with van der Waals surface area (Å²) in [5.41, 5.74) is 2.31. The maximum Gasteiger partial charge on any atom is 0.257 e. The van der Waals surface area contributed by atoms with E-state index in [1.807, 2.05) is 47.4 Å². The molecular formula is C20H20N4O2. The SMILES string of the molecule is COc1ccccc1-n1cc(C(=O)N2CCC[C@H]2c2ccccn2)cn1. The smallest absolute Gasteiger partial charge is 0.257 e. The van der Waals surface area contributed by atoms with Gasteiger partial charge in [0.2, 0.25) is 0 Å². The van der Waals surface area contributed by atoms with Gasteiger partial charge in [0.25, 0.3) is 5.91 Å². The minimum atomic E-state index is -0.0145. The molecule has 3 aromatic rings. The van der Waals surface area contributed by atoms with Gasteiger partial charge in [-0.3, -0.25) is 9.78 Å². The van der Waals surface area contributed by atoms with Crippen LogP contribution in [-0.2, 0) is 0 Å². The number of amides is 1. The first-order valence-electron chi connectivity index (χ1n) is 8.68. The molecule has 1 aromatic carbocycles. The molecule has 6 heteroatoms. The first-order valence-corrected chi connectivity index (χ1v) is 8.68. The quantitative estimate of drug-likeness (QED) is 0.726. The summed E-state index contributed by atoms with van der Waals surface area (Å²) in [6.45, 7) is 0.736. The van der Waals surface area contributed by atoms with Crippen LogP contribution in [0.3, 0.4) is 0 Å². The monoisotopic (exact) mass is 348 g/mol. The Labute approximate surface area is 152 Å². The zero-order valence-corrected chi connectivity index (χ0v) is 14.6. The number of rotatable bonds is 4. The van der Waals surface area contributed by atoms with Gasteiger partial charge in [-0.15, -0.1) is 0 Å². The van der Waals surface area contributed by atoms with Gasteiger partial charge in [0, 0.05) is 18.9 Å². The number of hydrogen-bond donors (Lipinski definition) is 0. The molecule has 0 bridgehead atoms. The van der Waals surface area contributed by atoms with Gasteiger partial charge in [-0.2, -0.15) is 5.10 Å². The van der Waals surface area contributed by atoms with Crippen molar-refractivity contribution in [1.82, 2.24) is 19.7 Å². The molecule has 4 rings (SSSR count). The number of hydrogen-bond acceptors (Lipinski definition) is 4. The van der Waals surface area contributed by atoms with Crippen molar-refractivity contribution in [2.75, 3.05) is 13.7 Å². The molecule has 0 saturated carbocycles. The summed E-state index contributed by atoms with van der Waals surface area (Å²) in [5.74, 6) is 0.696. The van der Waals surface area contributed by atoms with Gasteiger partial charge in [-0.05, 0) is 37.1 Å². The van der Waals surface area contributed by atoms with Crippen LogP contribution in [0.25, 0.3) is 5.69 Å². The van der Waals surface area contributed by atoms with Crippen LogP contribution in [0.5, 0.6) is 5.75 Å². The van der Waals surface area contributed by atoms with E-state index in [0.29, 0.717) is 11.3 Å². The van der Waals surface area contributed by atoms with E-state index in [0.717, 1.165) is 30.8 Å². The van der Waals surface area contributed by atoms with E-state index in [2.05, 4.69) is 10.1 Å². The number of nitrogens with zero attached hydrogens (tertiary/aromatic N) is 4. The normalized spacial score (nSPS) is 16.7. The Morgan fingerprint density at radius 1 is 1.19 bits per heavy atom. The summed E-state index contributed by atoms with van der Waals surface area (Å²) >= 11 is 0. The van der Waals surface area contributed by atoms with E-state index >= 15 is 0 Å². The van der Waals surface area contributed by atoms with Crippen LogP contribution in [0.2, 0.25) is 0 Å². The van der Waals surface area contributed by atoms with Crippen LogP contribution >= 0.6 is 0 Å². The topological polar surface area (TPSA) is 60.2 Å². The van der Waals surface area contributed by atoms with Crippen LogP contribution in [0.4, 0.5) is 0 Å². The highest BCUT2D eigenvalue weighted by atomic mass is 16.5. The van der Waals surface area contributed by atoms with E-state index < -0.39 is 0 Å². The highest BCUT2D eigenvalue weighted by molar-refractivity contribution is 5.94. The minimum absolute atomic E-state index is 0.0145. The van der Waals surface area contributed by atoms with E-state index in [4.69, 9.17) is 4.74 Å². The molecular weight excluding hydrogens is 328 g/mol. The molecule has 0 N–H and O–H groups in total. The Morgan fingerprint density at radius 3 is 2.85 bits per heavy atom. The zero-order chi connectivity index (χ0) is 17.9. The molecule has 0 spiro atoms. The largest absolute Gasteiger partial charge is 0.494 e. The molecule has 2 aromatic heterocycles. The fourth-order valence-corrected chi connectivity index (χ4v) is 3.44. The third kappa shape index (κ3) is 2.94. The number of carbonyl (C=O) groups is 1. The molecule has 0 aliphatic carbocycles. The van der Waals surface area contributed by atoms with Crippen molar-refractivity contribution in [3.63, 3.8) is 0 Å². The number of likely N-dealkylation sites (tertiary alicyclic amines) is 1. The molecule has 6 nitrogen and oxygen atoms in total. The van der Waals surface area contributed by atoms with E-state index in [-0.39, 0.29) is 11.9 Å². The van der Waals surface area contributed by atoms with E-state index in [1.165, 1.54) is 0 Å². The summed E-state index contributed by atoms with van der Waals surface area (Å²) in [5, 5.41) is 4.36. The number of aromatic nitrogens is 3. The average Bonchev–Trinajstić information content (AvgIpc) is 3.38. The van der Waals surface area contributed by atoms with E-state index in [1.54, 1.807) is 30.4 Å². The standard InChI is InChI=1S/C20H20N4O2/c1-26-19-10-3-2-8-18(19)24-14-15(13-22-24)20(25)23-12-6-9-17(23)16-7-4-5-11-21-16/h2-5,7-8,10-11,13-14,17H,6,9,12H2,1H3/t17-/m0/s1. The molecule has 1 atom stereocenters. The van der Waals surface area contributed by atoms with Crippen molar-refractivity contribution in [2.24, 2.45) is 0 Å². The Kier molecular flexibility index (Phi) is 4.39. The van der Waals surface area contributed by atoms with Crippen LogP contribution in [0.15, 0.2) is 61.1 Å². The Morgan fingerprint density at radius 2 is 2.04 bits per heavy atom. The molecule has 0 unspecified atom stereocenters. The second-order valence-corrected chi connectivity index (χ2v) is 6.26. The average molecular weight is 348 g/mol. The first-order chi connectivity index (χ1) is 12.8. The lowest BCUT2D eigenvalue weighted by Gasteiger charge is -2.23. The molecule has 1 saturated heterocycles. The third-order valence-corrected chi connectivity index (χ3v) is 4.70. The summed E-state index contributed by atoms with van der Waals surface area (Å²) < 4.78 is 7.06. The van der Waals surface area contributed by atoms with Crippen molar-refractivity contribution in [1.29, 1.82) is 0 Å². The summed E-state index contributed by atoms with van der Waals surface area (Å²) in [6.07, 6.45) is 7.06. The fourth-order valence-electron chi connectivity index (χ4n) is 3.44. The van der Waals surface area contributed by atoms with Gasteiger partial charge in [-0.25, -0.2) is 4.68 Å². The van der Waals surface area contributed by atoms with Crippen LogP contribution in [0.1, 0.15) is 34.9 Å². The molecule has 0 radical (unpaired) electrons. The van der Waals surface area contributed by atoms with Gasteiger partial charge >= 0.3 is 0 Å². The number of carbonyl (C=O) groups excluding carboxylic acids is 1. The fraction of sp³-hybridized carbons (Fsp3) is 0.250. The van der Waals surface area contributed by atoms with Crippen molar-refractivity contribution in [3.05, 3.63) is 72.3 Å². The number of benzene rings is 1. The number of methoxy groups -OCH3 is 1. The minimum Gasteiger partial charge on any atom is -0.494 e. The molecule has 26 heavy (non-hydrogen) atoms. The number of pyridine rings is 1. The highest BCUT2D eigenvalue weighted by Crippen LogP contribution is 2.32. The van der Waals surface area contributed by atoms with Crippen molar-refractivity contribution >= 4 is 5.91 Å². The first kappa shape index (κ1) is 16.3. The van der Waals surface area contributed by atoms with Crippen molar-refractivity contribution in [2.45, 2.75) is 18.9 Å². The predicted octanol–water partition coefficient (Wildman–Crippen LogP) is 3.25. The maximum atomic E-state index is 13.0. The lowest BCUT2D eigenvalue weighted by Crippen LogP contribution is -2.30. The molecule has 3 heterocycles. The van der Waals surface area contributed by atoms with Gasteiger partial charge in [0.15, 0.2) is 0 Å². The second-order valence-electron chi connectivity index (χ2n) is 6.26. The Balaban J connectivity index is 1.60. The summed E-state index contributed by atoms with van der Waals surface area (Å²) in [4.78, 5) is 19.4. The molecule has 1 amide bonds. The van der Waals surface area contributed by atoms with Gasteiger partial charge in [0.1, 0.15) is 11.4 Å². The van der Waals surface area contributed by atoms with Crippen LogP contribution < -0.4 is 4.74 Å². The van der Waals surface area contributed by atoms with Crippen molar-refractivity contribution in [3.8, 4) is 11.4 Å². The van der Waals surface area contributed by atoms with Crippen molar-refractivity contribution < 1.29 is 9.53 Å². The Hall–Kier alpha value is -3.15. The molecule has 132 valence electrons. The van der Waals surface area contributed by atoms with Gasteiger partial charge < -0.3 is 9.64 Å². The Bertz CT molecular complexity index is 907. The van der Waals surface area contributed by atoms with E-state index in [9.17, 15) is 4.79 Å². The zero-order valence-electron chi connectivity index (χ0n) is 14.6. The maximum absolute atomic E-state index is 13.0. The second kappa shape index (κ2) is 7.00.